The van der Waals surface area contributed by atoms with Gasteiger partial charge >= 0.3 is 0 Å². The average molecular weight is 179 g/mol. The van der Waals surface area contributed by atoms with E-state index in [2.05, 4.69) is 11.4 Å². The third-order valence-electron chi connectivity index (χ3n) is 2.18. The largest absolute Gasteiger partial charge is 0.496 e. The van der Waals surface area contributed by atoms with Crippen LogP contribution in [-0.2, 0) is 4.74 Å². The van der Waals surface area contributed by atoms with Crippen LogP contribution in [0.1, 0.15) is 18.0 Å². The highest BCUT2D eigenvalue weighted by Crippen LogP contribution is 2.25. The predicted octanol–water partition coefficient (Wildman–Crippen LogP) is 1.84. The van der Waals surface area contributed by atoms with Crippen LogP contribution in [0.25, 0.3) is 0 Å². The van der Waals surface area contributed by atoms with E-state index in [0.29, 0.717) is 0 Å². The monoisotopic (exact) mass is 179 g/mol. The zero-order valence-corrected chi connectivity index (χ0v) is 7.62. The molecule has 0 aliphatic carbocycles. The van der Waals surface area contributed by atoms with Gasteiger partial charge in [0, 0.05) is 12.0 Å². The molecule has 1 N–H and O–H groups in total. The molecule has 1 aliphatic heterocycles. The molecule has 0 bridgehead atoms. The molecule has 0 amide bonds. The van der Waals surface area contributed by atoms with Gasteiger partial charge in [-0.1, -0.05) is 0 Å². The van der Waals surface area contributed by atoms with Gasteiger partial charge in [0.05, 0.1) is 25.2 Å². The minimum Gasteiger partial charge on any atom is -0.496 e. The molecular weight excluding hydrogens is 166 g/mol. The second-order valence-corrected chi connectivity index (χ2v) is 3.02. The normalized spacial score (nSPS) is 18.1. The molecule has 1 aliphatic rings. The van der Waals surface area contributed by atoms with E-state index in [9.17, 15) is 0 Å². The van der Waals surface area contributed by atoms with Crippen LogP contribution in [-0.4, -0.2) is 13.7 Å². The van der Waals surface area contributed by atoms with Crippen molar-refractivity contribution < 1.29 is 9.15 Å². The molecule has 2 rings (SSSR count). The lowest BCUT2D eigenvalue weighted by Gasteiger charge is -2.15. The summed E-state index contributed by atoms with van der Waals surface area (Å²) in [6.45, 7) is 0.797. The molecule has 0 radical (unpaired) electrons. The van der Waals surface area contributed by atoms with Crippen LogP contribution < -0.4 is 5.32 Å². The lowest BCUT2D eigenvalue weighted by atomic mass is 10.1. The molecule has 1 atom stereocenters. The summed E-state index contributed by atoms with van der Waals surface area (Å²) in [5.74, 6) is 1.00. The zero-order chi connectivity index (χ0) is 9.10. The van der Waals surface area contributed by atoms with Gasteiger partial charge in [-0.05, 0) is 19.2 Å². The highest BCUT2D eigenvalue weighted by molar-refractivity contribution is 5.22. The Balaban J connectivity index is 2.18. The predicted molar refractivity (Wildman–Crippen MR) is 49.2 cm³/mol. The van der Waals surface area contributed by atoms with E-state index in [1.54, 1.807) is 12.5 Å². The highest BCUT2D eigenvalue weighted by atomic mass is 16.5. The van der Waals surface area contributed by atoms with Crippen molar-refractivity contribution in [2.45, 2.75) is 12.5 Å². The Morgan fingerprint density at radius 2 is 2.46 bits per heavy atom. The van der Waals surface area contributed by atoms with Crippen LogP contribution in [0.3, 0.4) is 0 Å². The van der Waals surface area contributed by atoms with Gasteiger partial charge < -0.3 is 14.5 Å². The third kappa shape index (κ3) is 1.60. The smallest absolute Gasteiger partial charge is 0.114 e. The maximum atomic E-state index is 5.49. The number of hydrogen-bond acceptors (Lipinski definition) is 3. The van der Waals surface area contributed by atoms with Crippen molar-refractivity contribution >= 4 is 0 Å². The minimum atomic E-state index is 0.140. The van der Waals surface area contributed by atoms with Gasteiger partial charge in [-0.15, -0.1) is 0 Å². The first-order valence-electron chi connectivity index (χ1n) is 4.44. The molecule has 3 nitrogen and oxygen atoms in total. The van der Waals surface area contributed by atoms with Gasteiger partial charge in [0.25, 0.3) is 0 Å². The van der Waals surface area contributed by atoms with Gasteiger partial charge in [0.1, 0.15) is 5.76 Å². The molecule has 1 aromatic heterocycles. The van der Waals surface area contributed by atoms with Crippen molar-refractivity contribution in [1.29, 1.82) is 0 Å². The number of hydrogen-bond donors (Lipinski definition) is 1. The number of nitrogens with one attached hydrogen (secondary N) is 1. The Labute approximate surface area is 77.4 Å². The van der Waals surface area contributed by atoms with Crippen molar-refractivity contribution in [2.24, 2.45) is 0 Å². The molecular formula is C10H13NO2. The maximum Gasteiger partial charge on any atom is 0.114 e. The van der Waals surface area contributed by atoms with Crippen molar-refractivity contribution in [3.63, 3.8) is 0 Å². The molecule has 0 saturated heterocycles. The number of furan rings is 1. The summed E-state index contributed by atoms with van der Waals surface area (Å²) in [6.07, 6.45) is 6.54. The van der Waals surface area contributed by atoms with Crippen LogP contribution in [0.2, 0.25) is 0 Å². The Morgan fingerprint density at radius 1 is 1.54 bits per heavy atom. The van der Waals surface area contributed by atoms with E-state index in [1.165, 1.54) is 0 Å². The molecule has 13 heavy (non-hydrogen) atoms. The second-order valence-electron chi connectivity index (χ2n) is 3.02. The number of ether oxygens (including phenoxy) is 1. The first-order valence-corrected chi connectivity index (χ1v) is 4.44. The van der Waals surface area contributed by atoms with Gasteiger partial charge in [-0.25, -0.2) is 0 Å². The van der Waals surface area contributed by atoms with Crippen LogP contribution in [0.5, 0.6) is 0 Å². The Hall–Kier alpha value is -1.22. The first-order chi connectivity index (χ1) is 6.42. The highest BCUT2D eigenvalue weighted by Gasteiger charge is 2.19. The molecule has 70 valence electrons. The van der Waals surface area contributed by atoms with Gasteiger partial charge in [-0.2, -0.15) is 0 Å². The van der Waals surface area contributed by atoms with Gasteiger partial charge in [-0.3, -0.25) is 0 Å². The molecule has 1 aromatic rings. The van der Waals surface area contributed by atoms with Crippen LogP contribution in [0.4, 0.5) is 0 Å². The lowest BCUT2D eigenvalue weighted by Crippen LogP contribution is -2.18. The molecule has 2 heterocycles. The van der Waals surface area contributed by atoms with E-state index in [4.69, 9.17) is 9.15 Å². The summed E-state index contributed by atoms with van der Waals surface area (Å²) in [5.41, 5.74) is 1.11. The Kier molecular flexibility index (Phi) is 2.36. The van der Waals surface area contributed by atoms with E-state index in [0.717, 1.165) is 24.4 Å². The molecule has 0 spiro atoms. The summed E-state index contributed by atoms with van der Waals surface area (Å²) in [4.78, 5) is 0. The van der Waals surface area contributed by atoms with E-state index in [1.807, 2.05) is 13.1 Å². The quantitative estimate of drug-likeness (QED) is 0.768. The van der Waals surface area contributed by atoms with E-state index in [-0.39, 0.29) is 6.04 Å². The van der Waals surface area contributed by atoms with Crippen LogP contribution >= 0.6 is 0 Å². The Bertz CT molecular complexity index is 290. The van der Waals surface area contributed by atoms with E-state index >= 15 is 0 Å². The van der Waals surface area contributed by atoms with Gasteiger partial charge in [0.2, 0.25) is 0 Å². The molecule has 0 fully saturated rings. The summed E-state index contributed by atoms with van der Waals surface area (Å²) < 4.78 is 10.5. The molecule has 1 unspecified atom stereocenters. The fourth-order valence-electron chi connectivity index (χ4n) is 1.55. The van der Waals surface area contributed by atoms with Crippen molar-refractivity contribution in [1.82, 2.24) is 5.32 Å². The SMILES string of the molecule is CNC(C1=CCCO1)c1ccoc1. The van der Waals surface area contributed by atoms with Crippen molar-refractivity contribution in [3.8, 4) is 0 Å². The van der Waals surface area contributed by atoms with Crippen LogP contribution in [0, 0.1) is 0 Å². The fraction of sp³-hybridized carbons (Fsp3) is 0.400. The molecule has 0 saturated carbocycles. The third-order valence-corrected chi connectivity index (χ3v) is 2.18. The fourth-order valence-corrected chi connectivity index (χ4v) is 1.55. The topological polar surface area (TPSA) is 34.4 Å². The van der Waals surface area contributed by atoms with Crippen molar-refractivity contribution in [2.75, 3.05) is 13.7 Å². The molecule has 0 aromatic carbocycles. The maximum absolute atomic E-state index is 5.49. The first kappa shape index (κ1) is 8.38. The zero-order valence-electron chi connectivity index (χ0n) is 7.62. The van der Waals surface area contributed by atoms with Gasteiger partial charge in [0.15, 0.2) is 0 Å². The van der Waals surface area contributed by atoms with Crippen LogP contribution in [0.15, 0.2) is 34.8 Å². The Morgan fingerprint density at radius 3 is 3.00 bits per heavy atom. The lowest BCUT2D eigenvalue weighted by molar-refractivity contribution is 0.218. The summed E-state index contributed by atoms with van der Waals surface area (Å²) >= 11 is 0. The van der Waals surface area contributed by atoms with E-state index < -0.39 is 0 Å². The summed E-state index contributed by atoms with van der Waals surface area (Å²) in [5, 5.41) is 3.19. The summed E-state index contributed by atoms with van der Waals surface area (Å²) in [7, 11) is 1.92. The average Bonchev–Trinajstić information content (AvgIpc) is 2.76. The van der Waals surface area contributed by atoms with Crippen molar-refractivity contribution in [3.05, 3.63) is 36.0 Å². The molecule has 3 heteroatoms. The summed E-state index contributed by atoms with van der Waals surface area (Å²) in [6, 6.07) is 2.09. The second kappa shape index (κ2) is 3.66. The minimum absolute atomic E-state index is 0.140. The number of likely N-dealkylation sites (N-methyl/N-ethyl adjacent to an activating group) is 1. The number of rotatable bonds is 3. The standard InChI is InChI=1S/C10H13NO2/c1-11-10(8-4-6-12-7-8)9-3-2-5-13-9/h3-4,6-7,10-11H,2,5H2,1H3.